The molecule has 0 aromatic heterocycles. The summed E-state index contributed by atoms with van der Waals surface area (Å²) < 4.78 is 54.7. The smallest absolute Gasteiger partial charge is 0.417 e. The number of alkyl halides is 3. The van der Waals surface area contributed by atoms with Crippen LogP contribution in [0.4, 0.5) is 23.2 Å². The average Bonchev–Trinajstić information content (AvgIpc) is 2.26. The Labute approximate surface area is 97.1 Å². The van der Waals surface area contributed by atoms with Gasteiger partial charge < -0.3 is 4.74 Å². The van der Waals surface area contributed by atoms with E-state index in [1.807, 2.05) is 0 Å². The number of methoxy groups -OCH3 is 1. The predicted octanol–water partition coefficient (Wildman–Crippen LogP) is 2.54. The summed E-state index contributed by atoms with van der Waals surface area (Å²) in [5, 5.41) is 10.4. The Hall–Kier alpha value is -2.19. The monoisotopic (exact) mass is 267 g/mol. The van der Waals surface area contributed by atoms with Gasteiger partial charge in [0, 0.05) is 6.07 Å². The largest absolute Gasteiger partial charge is 0.465 e. The van der Waals surface area contributed by atoms with Crippen LogP contribution in [-0.2, 0) is 10.9 Å². The molecular formula is C9H5F4NO4. The normalized spacial score (nSPS) is 11.2. The van der Waals surface area contributed by atoms with Gasteiger partial charge in [0.2, 0.25) is 5.82 Å². The summed E-state index contributed by atoms with van der Waals surface area (Å²) in [5.74, 6) is -3.12. The van der Waals surface area contributed by atoms with Crippen LogP contribution >= 0.6 is 0 Å². The van der Waals surface area contributed by atoms with Gasteiger partial charge in [-0.05, 0) is 6.07 Å². The van der Waals surface area contributed by atoms with Crippen molar-refractivity contribution in [2.45, 2.75) is 6.18 Å². The standard InChI is InChI=1S/C9H5F4NO4/c1-18-8(15)4-2-7(14(16)17)6(10)3-5(4)9(11,12)13/h2-3H,1H3. The van der Waals surface area contributed by atoms with Gasteiger partial charge in [0.15, 0.2) is 0 Å². The van der Waals surface area contributed by atoms with Gasteiger partial charge in [0.25, 0.3) is 0 Å². The molecule has 0 N–H and O–H groups in total. The Kier molecular flexibility index (Phi) is 3.54. The number of halogens is 4. The maximum atomic E-state index is 13.1. The third kappa shape index (κ3) is 2.55. The first kappa shape index (κ1) is 13.9. The van der Waals surface area contributed by atoms with Crippen molar-refractivity contribution in [1.29, 1.82) is 0 Å². The second kappa shape index (κ2) is 4.59. The Morgan fingerprint density at radius 3 is 2.33 bits per heavy atom. The number of nitro benzene ring substituents is 1. The van der Waals surface area contributed by atoms with Crippen LogP contribution < -0.4 is 0 Å². The van der Waals surface area contributed by atoms with Gasteiger partial charge in [0.1, 0.15) is 0 Å². The molecule has 0 bridgehead atoms. The number of esters is 1. The van der Waals surface area contributed by atoms with Gasteiger partial charge in [-0.2, -0.15) is 17.6 Å². The molecule has 1 aromatic rings. The van der Waals surface area contributed by atoms with Crippen molar-refractivity contribution >= 4 is 11.7 Å². The van der Waals surface area contributed by atoms with E-state index < -0.39 is 39.7 Å². The van der Waals surface area contributed by atoms with Crippen LogP contribution in [0.15, 0.2) is 12.1 Å². The maximum absolute atomic E-state index is 13.1. The molecule has 0 saturated carbocycles. The van der Waals surface area contributed by atoms with Gasteiger partial charge in [-0.1, -0.05) is 0 Å². The minimum atomic E-state index is -5.03. The number of benzene rings is 1. The van der Waals surface area contributed by atoms with Crippen LogP contribution in [0.3, 0.4) is 0 Å². The van der Waals surface area contributed by atoms with E-state index in [9.17, 15) is 32.5 Å². The maximum Gasteiger partial charge on any atom is 0.417 e. The summed E-state index contributed by atoms with van der Waals surface area (Å²) in [7, 11) is 0.803. The number of nitro groups is 1. The lowest BCUT2D eigenvalue weighted by Gasteiger charge is -2.11. The molecule has 9 heteroatoms. The van der Waals surface area contributed by atoms with E-state index in [0.29, 0.717) is 0 Å². The molecule has 0 unspecified atom stereocenters. The lowest BCUT2D eigenvalue weighted by molar-refractivity contribution is -0.387. The molecule has 0 atom stereocenters. The number of hydrogen-bond donors (Lipinski definition) is 0. The average molecular weight is 267 g/mol. The third-order valence-electron chi connectivity index (χ3n) is 1.99. The first-order valence-corrected chi connectivity index (χ1v) is 4.32. The van der Waals surface area contributed by atoms with Crippen molar-refractivity contribution in [1.82, 2.24) is 0 Å². The summed E-state index contributed by atoms with van der Waals surface area (Å²) in [6.45, 7) is 0. The molecule has 0 radical (unpaired) electrons. The Morgan fingerprint density at radius 2 is 1.94 bits per heavy atom. The van der Waals surface area contributed by atoms with Crippen LogP contribution in [0.25, 0.3) is 0 Å². The van der Waals surface area contributed by atoms with Crippen LogP contribution in [0.2, 0.25) is 0 Å². The highest BCUT2D eigenvalue weighted by Gasteiger charge is 2.38. The van der Waals surface area contributed by atoms with Crippen molar-refractivity contribution in [2.75, 3.05) is 7.11 Å². The molecule has 18 heavy (non-hydrogen) atoms. The predicted molar refractivity (Wildman–Crippen MR) is 49.4 cm³/mol. The minimum Gasteiger partial charge on any atom is -0.465 e. The molecule has 98 valence electrons. The fraction of sp³-hybridized carbons (Fsp3) is 0.222. The van der Waals surface area contributed by atoms with E-state index in [4.69, 9.17) is 0 Å². The number of carbonyl (C=O) groups is 1. The summed E-state index contributed by atoms with van der Waals surface area (Å²) in [4.78, 5) is 20.2. The quantitative estimate of drug-likeness (QED) is 0.357. The fourth-order valence-electron chi connectivity index (χ4n) is 1.22. The Balaban J connectivity index is 3.57. The van der Waals surface area contributed by atoms with Gasteiger partial charge in [-0.25, -0.2) is 4.79 Å². The van der Waals surface area contributed by atoms with E-state index >= 15 is 0 Å². The molecule has 0 aliphatic heterocycles. The topological polar surface area (TPSA) is 69.4 Å². The van der Waals surface area contributed by atoms with Crippen molar-refractivity contribution < 1.29 is 32.0 Å². The van der Waals surface area contributed by atoms with Crippen molar-refractivity contribution in [2.24, 2.45) is 0 Å². The number of ether oxygens (including phenoxy) is 1. The minimum absolute atomic E-state index is 0.107. The highest BCUT2D eigenvalue weighted by Crippen LogP contribution is 2.35. The molecule has 0 heterocycles. The highest BCUT2D eigenvalue weighted by atomic mass is 19.4. The lowest BCUT2D eigenvalue weighted by atomic mass is 10.1. The zero-order valence-corrected chi connectivity index (χ0v) is 8.75. The Morgan fingerprint density at radius 1 is 1.39 bits per heavy atom. The molecule has 1 aromatic carbocycles. The molecule has 0 amide bonds. The van der Waals surface area contributed by atoms with E-state index in [2.05, 4.69) is 4.74 Å². The van der Waals surface area contributed by atoms with Crippen LogP contribution in [0.1, 0.15) is 15.9 Å². The summed E-state index contributed by atoms with van der Waals surface area (Å²) in [6.07, 6.45) is -5.03. The molecular weight excluding hydrogens is 262 g/mol. The summed E-state index contributed by atoms with van der Waals surface area (Å²) >= 11 is 0. The molecule has 5 nitrogen and oxygen atoms in total. The highest BCUT2D eigenvalue weighted by molar-refractivity contribution is 5.92. The van der Waals surface area contributed by atoms with Gasteiger partial charge in [-0.15, -0.1) is 0 Å². The number of nitrogens with zero attached hydrogens (tertiary/aromatic N) is 1. The zero-order valence-electron chi connectivity index (χ0n) is 8.75. The summed E-state index contributed by atoms with van der Waals surface area (Å²) in [5.41, 5.74) is -3.97. The van der Waals surface area contributed by atoms with E-state index in [-0.39, 0.29) is 12.1 Å². The summed E-state index contributed by atoms with van der Waals surface area (Å²) in [6, 6.07) is 0.0916. The lowest BCUT2D eigenvalue weighted by Crippen LogP contribution is -2.15. The van der Waals surface area contributed by atoms with Crippen LogP contribution in [0, 0.1) is 15.9 Å². The van der Waals surface area contributed by atoms with Crippen LogP contribution in [-0.4, -0.2) is 18.0 Å². The second-order valence-electron chi connectivity index (χ2n) is 3.10. The second-order valence-corrected chi connectivity index (χ2v) is 3.10. The SMILES string of the molecule is COC(=O)c1cc([N+](=O)[O-])c(F)cc1C(F)(F)F. The van der Waals surface area contributed by atoms with E-state index in [1.54, 1.807) is 0 Å². The fourth-order valence-corrected chi connectivity index (χ4v) is 1.22. The Bertz CT molecular complexity index is 512. The third-order valence-corrected chi connectivity index (χ3v) is 1.99. The van der Waals surface area contributed by atoms with Gasteiger partial charge in [0.05, 0.1) is 23.2 Å². The molecule has 0 fully saturated rings. The van der Waals surface area contributed by atoms with Gasteiger partial charge >= 0.3 is 17.8 Å². The molecule has 1 rings (SSSR count). The zero-order chi connectivity index (χ0) is 14.1. The first-order chi connectivity index (χ1) is 8.18. The van der Waals surface area contributed by atoms with Crippen molar-refractivity contribution in [3.05, 3.63) is 39.2 Å². The number of hydrogen-bond acceptors (Lipinski definition) is 4. The van der Waals surface area contributed by atoms with E-state index in [0.717, 1.165) is 7.11 Å². The molecule has 0 aliphatic carbocycles. The van der Waals surface area contributed by atoms with E-state index in [1.165, 1.54) is 0 Å². The van der Waals surface area contributed by atoms with Gasteiger partial charge in [-0.3, -0.25) is 10.1 Å². The molecule has 0 saturated heterocycles. The molecule has 0 aliphatic rings. The number of rotatable bonds is 2. The van der Waals surface area contributed by atoms with Crippen LogP contribution in [0.5, 0.6) is 0 Å². The van der Waals surface area contributed by atoms with Crippen molar-refractivity contribution in [3.8, 4) is 0 Å². The number of carbonyl (C=O) groups excluding carboxylic acids is 1. The van der Waals surface area contributed by atoms with Crippen molar-refractivity contribution in [3.63, 3.8) is 0 Å². The molecule has 0 spiro atoms. The first-order valence-electron chi connectivity index (χ1n) is 4.32.